The highest BCUT2D eigenvalue weighted by Gasteiger charge is 2.08. The van der Waals surface area contributed by atoms with Crippen LogP contribution >= 0.6 is 11.8 Å². The summed E-state index contributed by atoms with van der Waals surface area (Å²) in [4.78, 5) is 0. The molecule has 0 amide bonds. The molecule has 2 heteroatoms. The van der Waals surface area contributed by atoms with Crippen molar-refractivity contribution < 1.29 is 0 Å². The van der Waals surface area contributed by atoms with Gasteiger partial charge >= 0.3 is 0 Å². The molecule has 0 fully saturated rings. The van der Waals surface area contributed by atoms with Crippen LogP contribution in [0.2, 0.25) is 0 Å². The highest BCUT2D eigenvalue weighted by atomic mass is 32.2. The second-order valence-electron chi connectivity index (χ2n) is 3.12. The Morgan fingerprint density at radius 2 is 2.20 bits per heavy atom. The Morgan fingerprint density at radius 3 is 2.60 bits per heavy atom. The fourth-order valence-corrected chi connectivity index (χ4v) is 1.51. The number of hydrogen-bond donors (Lipinski definition) is 1. The van der Waals surface area contributed by atoms with Crippen LogP contribution in [-0.2, 0) is 0 Å². The van der Waals surface area contributed by atoms with Crippen LogP contribution in [0.3, 0.4) is 0 Å². The van der Waals surface area contributed by atoms with E-state index in [0.717, 1.165) is 17.9 Å². The lowest BCUT2D eigenvalue weighted by Gasteiger charge is -2.16. The van der Waals surface area contributed by atoms with E-state index < -0.39 is 0 Å². The molecule has 0 bridgehead atoms. The first kappa shape index (κ1) is 10.0. The monoisotopic (exact) mass is 159 g/mol. The summed E-state index contributed by atoms with van der Waals surface area (Å²) >= 11 is 1.89. The lowest BCUT2D eigenvalue weighted by molar-refractivity contribution is 0.591. The topological polar surface area (TPSA) is 26.0 Å². The molecule has 0 aromatic carbocycles. The third-order valence-electron chi connectivity index (χ3n) is 0.940. The van der Waals surface area contributed by atoms with E-state index in [2.05, 4.69) is 6.58 Å². The first-order chi connectivity index (χ1) is 4.56. The Morgan fingerprint density at radius 1 is 1.60 bits per heavy atom. The van der Waals surface area contributed by atoms with Crippen LogP contribution < -0.4 is 5.73 Å². The largest absolute Gasteiger partial charge is 0.325 e. The summed E-state index contributed by atoms with van der Waals surface area (Å²) in [5.74, 6) is 2.17. The Labute approximate surface area is 68.1 Å². The molecule has 10 heavy (non-hydrogen) atoms. The maximum absolute atomic E-state index is 5.77. The maximum Gasteiger partial charge on any atom is 0.0188 e. The molecule has 60 valence electrons. The molecular weight excluding hydrogens is 142 g/mol. The number of nitrogens with two attached hydrogens (primary N) is 1. The molecule has 0 aromatic heterocycles. The summed E-state index contributed by atoms with van der Waals surface area (Å²) in [5.41, 5.74) is 5.75. The fourth-order valence-electron chi connectivity index (χ4n) is 0.502. The van der Waals surface area contributed by atoms with E-state index in [1.807, 2.05) is 31.7 Å². The van der Waals surface area contributed by atoms with Gasteiger partial charge in [-0.1, -0.05) is 6.08 Å². The van der Waals surface area contributed by atoms with Gasteiger partial charge in [0.2, 0.25) is 0 Å². The lowest BCUT2D eigenvalue weighted by Crippen LogP contribution is -2.34. The third-order valence-corrected chi connectivity index (χ3v) is 2.41. The highest BCUT2D eigenvalue weighted by molar-refractivity contribution is 7.99. The van der Waals surface area contributed by atoms with E-state index in [9.17, 15) is 0 Å². The number of allylic oxidation sites excluding steroid dienone is 1. The molecule has 2 N–H and O–H groups in total. The zero-order valence-electron chi connectivity index (χ0n) is 6.89. The van der Waals surface area contributed by atoms with E-state index in [-0.39, 0.29) is 5.54 Å². The predicted molar refractivity (Wildman–Crippen MR) is 50.4 cm³/mol. The summed E-state index contributed by atoms with van der Waals surface area (Å²) in [6, 6.07) is 0. The highest BCUT2D eigenvalue weighted by Crippen LogP contribution is 2.10. The third kappa shape index (κ3) is 8.05. The molecule has 0 unspecified atom stereocenters. The summed E-state index contributed by atoms with van der Waals surface area (Å²) in [6.45, 7) is 7.75. The SMILES string of the molecule is C=CCCSCC(C)(C)N. The zero-order chi connectivity index (χ0) is 8.04. The van der Waals surface area contributed by atoms with Crippen LogP contribution in [0.15, 0.2) is 12.7 Å². The molecule has 0 heterocycles. The average molecular weight is 159 g/mol. The normalized spacial score (nSPS) is 11.5. The molecule has 0 spiro atoms. The van der Waals surface area contributed by atoms with Crippen molar-refractivity contribution in [2.24, 2.45) is 5.73 Å². The minimum absolute atomic E-state index is 0.0220. The van der Waals surface area contributed by atoms with Crippen molar-refractivity contribution >= 4 is 11.8 Å². The molecule has 0 aromatic rings. The molecular formula is C8H17NS. The van der Waals surface area contributed by atoms with Gasteiger partial charge in [-0.25, -0.2) is 0 Å². The summed E-state index contributed by atoms with van der Waals surface area (Å²) < 4.78 is 0. The van der Waals surface area contributed by atoms with Gasteiger partial charge in [0, 0.05) is 11.3 Å². The average Bonchev–Trinajstić information content (AvgIpc) is 1.78. The fraction of sp³-hybridized carbons (Fsp3) is 0.750. The van der Waals surface area contributed by atoms with Crippen molar-refractivity contribution in [1.29, 1.82) is 0 Å². The minimum atomic E-state index is -0.0220. The Bertz CT molecular complexity index is 93.9. The zero-order valence-corrected chi connectivity index (χ0v) is 7.71. The number of rotatable bonds is 5. The molecule has 0 saturated carbocycles. The summed E-state index contributed by atoms with van der Waals surface area (Å²) in [6.07, 6.45) is 3.03. The van der Waals surface area contributed by atoms with Crippen LogP contribution in [0.25, 0.3) is 0 Å². The van der Waals surface area contributed by atoms with Crippen LogP contribution in [0.4, 0.5) is 0 Å². The van der Waals surface area contributed by atoms with E-state index in [1.54, 1.807) is 0 Å². The number of hydrogen-bond acceptors (Lipinski definition) is 2. The van der Waals surface area contributed by atoms with Gasteiger partial charge in [0.1, 0.15) is 0 Å². The Hall–Kier alpha value is 0.0500. The molecule has 1 nitrogen and oxygen atoms in total. The number of thioether (sulfide) groups is 1. The van der Waals surface area contributed by atoms with Gasteiger partial charge in [-0.3, -0.25) is 0 Å². The van der Waals surface area contributed by atoms with Crippen molar-refractivity contribution in [3.05, 3.63) is 12.7 Å². The second-order valence-corrected chi connectivity index (χ2v) is 4.22. The van der Waals surface area contributed by atoms with E-state index in [0.29, 0.717) is 0 Å². The van der Waals surface area contributed by atoms with Crippen molar-refractivity contribution in [2.45, 2.75) is 25.8 Å². The van der Waals surface area contributed by atoms with Gasteiger partial charge in [0.05, 0.1) is 0 Å². The van der Waals surface area contributed by atoms with Gasteiger partial charge in [-0.05, 0) is 26.0 Å². The predicted octanol–water partition coefficient (Wildman–Crippen LogP) is 2.03. The van der Waals surface area contributed by atoms with Gasteiger partial charge < -0.3 is 5.73 Å². The van der Waals surface area contributed by atoms with Crippen LogP contribution in [0.1, 0.15) is 20.3 Å². The molecule has 0 aliphatic carbocycles. The lowest BCUT2D eigenvalue weighted by atomic mass is 10.1. The molecule has 0 saturated heterocycles. The van der Waals surface area contributed by atoms with Gasteiger partial charge in [-0.2, -0.15) is 11.8 Å². The molecule has 0 aliphatic heterocycles. The van der Waals surface area contributed by atoms with Gasteiger partial charge in [0.25, 0.3) is 0 Å². The van der Waals surface area contributed by atoms with Crippen LogP contribution in [0, 0.1) is 0 Å². The van der Waals surface area contributed by atoms with E-state index in [4.69, 9.17) is 5.73 Å². The molecule has 0 rings (SSSR count). The smallest absolute Gasteiger partial charge is 0.0188 e. The molecule has 0 radical (unpaired) electrons. The quantitative estimate of drug-likeness (QED) is 0.490. The first-order valence-electron chi connectivity index (χ1n) is 3.54. The van der Waals surface area contributed by atoms with Gasteiger partial charge in [-0.15, -0.1) is 6.58 Å². The van der Waals surface area contributed by atoms with Crippen LogP contribution in [-0.4, -0.2) is 17.0 Å². The van der Waals surface area contributed by atoms with Crippen molar-refractivity contribution in [1.82, 2.24) is 0 Å². The second kappa shape index (κ2) is 4.80. The van der Waals surface area contributed by atoms with E-state index in [1.165, 1.54) is 0 Å². The van der Waals surface area contributed by atoms with Crippen molar-refractivity contribution in [3.8, 4) is 0 Å². The summed E-state index contributed by atoms with van der Waals surface area (Å²) in [7, 11) is 0. The first-order valence-corrected chi connectivity index (χ1v) is 4.69. The standard InChI is InChI=1S/C8H17NS/c1-4-5-6-10-7-8(2,3)9/h4H,1,5-7,9H2,2-3H3. The Kier molecular flexibility index (Phi) is 4.83. The Balaban J connectivity index is 3.12. The summed E-state index contributed by atoms with van der Waals surface area (Å²) in [5, 5.41) is 0. The van der Waals surface area contributed by atoms with E-state index >= 15 is 0 Å². The minimum Gasteiger partial charge on any atom is -0.325 e. The molecule has 0 atom stereocenters. The van der Waals surface area contributed by atoms with Crippen molar-refractivity contribution in [3.63, 3.8) is 0 Å². The van der Waals surface area contributed by atoms with Crippen molar-refractivity contribution in [2.75, 3.05) is 11.5 Å². The van der Waals surface area contributed by atoms with Gasteiger partial charge in [0.15, 0.2) is 0 Å². The molecule has 0 aliphatic rings. The van der Waals surface area contributed by atoms with Crippen LogP contribution in [0.5, 0.6) is 0 Å². The maximum atomic E-state index is 5.77.